The van der Waals surface area contributed by atoms with Crippen LogP contribution in [0.15, 0.2) is 33.9 Å². The van der Waals surface area contributed by atoms with Gasteiger partial charge in [-0.1, -0.05) is 17.7 Å². The van der Waals surface area contributed by atoms with Gasteiger partial charge >= 0.3 is 0 Å². The van der Waals surface area contributed by atoms with E-state index in [2.05, 4.69) is 0 Å². The number of sulfonamides is 1. The maximum absolute atomic E-state index is 13.8. The van der Waals surface area contributed by atoms with E-state index >= 15 is 0 Å². The summed E-state index contributed by atoms with van der Waals surface area (Å²) in [6.07, 6.45) is 2.01. The summed E-state index contributed by atoms with van der Waals surface area (Å²) in [5, 5.41) is 1.98. The highest BCUT2D eigenvalue weighted by molar-refractivity contribution is 7.94. The van der Waals surface area contributed by atoms with Gasteiger partial charge in [0, 0.05) is 11.9 Å². The van der Waals surface area contributed by atoms with Crippen molar-refractivity contribution in [1.82, 2.24) is 0 Å². The molecule has 1 aliphatic carbocycles. The molecule has 1 saturated carbocycles. The highest BCUT2D eigenvalue weighted by Crippen LogP contribution is 2.36. The van der Waals surface area contributed by atoms with Crippen molar-refractivity contribution in [3.05, 3.63) is 46.0 Å². The van der Waals surface area contributed by atoms with E-state index < -0.39 is 15.8 Å². The van der Waals surface area contributed by atoms with Gasteiger partial charge < -0.3 is 0 Å². The molecule has 0 amide bonds. The number of thiophene rings is 1. The van der Waals surface area contributed by atoms with E-state index in [0.29, 0.717) is 28.7 Å². The van der Waals surface area contributed by atoms with Crippen LogP contribution in [0.4, 0.5) is 10.1 Å². The number of nitrogens with zero attached hydrogens (tertiary/aromatic N) is 1. The molecule has 1 aromatic heterocycles. The van der Waals surface area contributed by atoms with Crippen molar-refractivity contribution in [3.8, 4) is 0 Å². The SMILES string of the molecule is Cc1ccc(N(CC2CC2)S(=O)(=O)c2cc(Cl)cs2)cc1F. The number of hydrogen-bond donors (Lipinski definition) is 0. The Kier molecular flexibility index (Phi) is 4.18. The number of halogens is 2. The van der Waals surface area contributed by atoms with Gasteiger partial charge in [-0.05, 0) is 49.4 Å². The van der Waals surface area contributed by atoms with Gasteiger partial charge in [-0.3, -0.25) is 4.31 Å². The minimum atomic E-state index is -3.72. The van der Waals surface area contributed by atoms with Crippen LogP contribution in [0.3, 0.4) is 0 Å². The molecular weight excluding hydrogens is 345 g/mol. The van der Waals surface area contributed by atoms with Gasteiger partial charge in [0.05, 0.1) is 10.7 Å². The van der Waals surface area contributed by atoms with Crippen LogP contribution in [0.1, 0.15) is 18.4 Å². The van der Waals surface area contributed by atoms with Crippen molar-refractivity contribution >= 4 is 38.6 Å². The predicted molar refractivity (Wildman–Crippen MR) is 87.7 cm³/mol. The van der Waals surface area contributed by atoms with Gasteiger partial charge in [-0.25, -0.2) is 12.8 Å². The van der Waals surface area contributed by atoms with E-state index in [-0.39, 0.29) is 4.21 Å². The molecule has 22 heavy (non-hydrogen) atoms. The van der Waals surface area contributed by atoms with Gasteiger partial charge in [-0.2, -0.15) is 0 Å². The maximum atomic E-state index is 13.8. The summed E-state index contributed by atoms with van der Waals surface area (Å²) in [6, 6.07) is 5.96. The second kappa shape index (κ2) is 5.83. The molecule has 3 rings (SSSR count). The minimum absolute atomic E-state index is 0.180. The van der Waals surface area contributed by atoms with Crippen LogP contribution in [0.2, 0.25) is 5.02 Å². The molecule has 0 N–H and O–H groups in total. The molecule has 0 saturated heterocycles. The lowest BCUT2D eigenvalue weighted by Crippen LogP contribution is -2.32. The lowest BCUT2D eigenvalue weighted by molar-refractivity contribution is 0.589. The van der Waals surface area contributed by atoms with Crippen molar-refractivity contribution < 1.29 is 12.8 Å². The number of hydrogen-bond acceptors (Lipinski definition) is 3. The molecule has 0 unspecified atom stereocenters. The van der Waals surface area contributed by atoms with Crippen LogP contribution in [-0.4, -0.2) is 15.0 Å². The van der Waals surface area contributed by atoms with Crippen LogP contribution in [0, 0.1) is 18.7 Å². The van der Waals surface area contributed by atoms with Gasteiger partial charge in [0.25, 0.3) is 10.0 Å². The minimum Gasteiger partial charge on any atom is -0.265 e. The Balaban J connectivity index is 2.03. The summed E-state index contributed by atoms with van der Waals surface area (Å²) < 4.78 is 41.0. The Labute approximate surface area is 138 Å². The second-order valence-electron chi connectivity index (χ2n) is 5.50. The fourth-order valence-electron chi connectivity index (χ4n) is 2.15. The molecule has 1 heterocycles. The molecule has 0 atom stereocenters. The van der Waals surface area contributed by atoms with Crippen LogP contribution < -0.4 is 4.31 Å². The first-order valence-corrected chi connectivity index (χ1v) is 9.60. The second-order valence-corrected chi connectivity index (χ2v) is 8.93. The molecule has 0 radical (unpaired) electrons. The van der Waals surface area contributed by atoms with Crippen molar-refractivity contribution in [1.29, 1.82) is 0 Å². The topological polar surface area (TPSA) is 37.4 Å². The molecule has 1 aromatic carbocycles. The number of benzene rings is 1. The van der Waals surface area contributed by atoms with E-state index in [1.165, 1.54) is 16.4 Å². The summed E-state index contributed by atoms with van der Waals surface area (Å²) in [7, 11) is -3.72. The first-order valence-electron chi connectivity index (χ1n) is 6.91. The molecule has 1 aliphatic rings. The molecule has 3 nitrogen and oxygen atoms in total. The van der Waals surface area contributed by atoms with Crippen LogP contribution >= 0.6 is 22.9 Å². The zero-order valence-electron chi connectivity index (χ0n) is 11.9. The summed E-state index contributed by atoms with van der Waals surface area (Å²) in [5.41, 5.74) is 0.853. The molecule has 7 heteroatoms. The third kappa shape index (κ3) is 3.14. The third-order valence-corrected chi connectivity index (χ3v) is 7.21. The standard InChI is InChI=1S/C15H15ClFNO2S2/c1-10-2-5-13(7-14(10)17)18(8-11-3-4-11)22(19,20)15-6-12(16)9-21-15/h2,5-7,9,11H,3-4,8H2,1H3. The average molecular weight is 360 g/mol. The maximum Gasteiger partial charge on any atom is 0.273 e. The number of aryl methyl sites for hydroxylation is 1. The summed E-state index contributed by atoms with van der Waals surface area (Å²) >= 11 is 6.93. The van der Waals surface area contributed by atoms with E-state index in [1.807, 2.05) is 0 Å². The fourth-order valence-corrected chi connectivity index (χ4v) is 5.21. The highest BCUT2D eigenvalue weighted by atomic mass is 35.5. The first kappa shape index (κ1) is 15.8. The molecule has 0 aliphatic heterocycles. The Morgan fingerprint density at radius 1 is 1.36 bits per heavy atom. The van der Waals surface area contributed by atoms with Crippen molar-refractivity contribution in [2.45, 2.75) is 24.0 Å². The Bertz CT molecular complexity index is 800. The molecule has 0 spiro atoms. The third-order valence-electron chi connectivity index (χ3n) is 3.65. The molecule has 1 fully saturated rings. The lowest BCUT2D eigenvalue weighted by atomic mass is 10.2. The Morgan fingerprint density at radius 3 is 2.64 bits per heavy atom. The molecular formula is C15H15ClFNO2S2. The monoisotopic (exact) mass is 359 g/mol. The average Bonchev–Trinajstić information content (AvgIpc) is 3.18. The largest absolute Gasteiger partial charge is 0.273 e. The Hall–Kier alpha value is -1.11. The van der Waals surface area contributed by atoms with E-state index in [9.17, 15) is 12.8 Å². The molecule has 2 aromatic rings. The summed E-state index contributed by atoms with van der Waals surface area (Å²) in [4.78, 5) is 0. The zero-order chi connectivity index (χ0) is 15.9. The van der Waals surface area contributed by atoms with E-state index in [1.54, 1.807) is 24.4 Å². The Morgan fingerprint density at radius 2 is 2.09 bits per heavy atom. The first-order chi connectivity index (χ1) is 10.4. The van der Waals surface area contributed by atoms with Crippen molar-refractivity contribution in [2.75, 3.05) is 10.8 Å². The van der Waals surface area contributed by atoms with Gasteiger partial charge in [0.15, 0.2) is 0 Å². The smallest absolute Gasteiger partial charge is 0.265 e. The van der Waals surface area contributed by atoms with E-state index in [0.717, 1.165) is 24.2 Å². The summed E-state index contributed by atoms with van der Waals surface area (Å²) in [6.45, 7) is 2.03. The lowest BCUT2D eigenvalue weighted by Gasteiger charge is -2.24. The molecule has 0 bridgehead atoms. The summed E-state index contributed by atoms with van der Waals surface area (Å²) in [5.74, 6) is -0.0627. The van der Waals surface area contributed by atoms with E-state index in [4.69, 9.17) is 11.6 Å². The van der Waals surface area contributed by atoms with Crippen LogP contribution in [0.5, 0.6) is 0 Å². The van der Waals surface area contributed by atoms with Crippen LogP contribution in [0.25, 0.3) is 0 Å². The number of rotatable bonds is 5. The van der Waals surface area contributed by atoms with Gasteiger partial charge in [0.2, 0.25) is 0 Å². The van der Waals surface area contributed by atoms with Crippen LogP contribution in [-0.2, 0) is 10.0 Å². The van der Waals surface area contributed by atoms with Gasteiger partial charge in [-0.15, -0.1) is 11.3 Å². The van der Waals surface area contributed by atoms with Crippen molar-refractivity contribution in [3.63, 3.8) is 0 Å². The van der Waals surface area contributed by atoms with Gasteiger partial charge in [0.1, 0.15) is 10.0 Å². The molecule has 118 valence electrons. The zero-order valence-corrected chi connectivity index (χ0v) is 14.3. The predicted octanol–water partition coefficient (Wildman–Crippen LogP) is 4.45. The number of anilines is 1. The quantitative estimate of drug-likeness (QED) is 0.790. The highest BCUT2D eigenvalue weighted by Gasteiger charge is 2.33. The van der Waals surface area contributed by atoms with Crippen molar-refractivity contribution in [2.24, 2.45) is 5.92 Å². The normalized spacial score (nSPS) is 15.0. The fraction of sp³-hybridized carbons (Fsp3) is 0.333.